The summed E-state index contributed by atoms with van der Waals surface area (Å²) in [5, 5.41) is 17.8. The lowest BCUT2D eigenvalue weighted by Gasteiger charge is -2.11. The van der Waals surface area contributed by atoms with Gasteiger partial charge in [-0.15, -0.1) is 0 Å². The molecule has 4 rings (SSSR count). The van der Waals surface area contributed by atoms with E-state index in [4.69, 9.17) is 0 Å². The van der Waals surface area contributed by atoms with Gasteiger partial charge < -0.3 is 4.98 Å². The van der Waals surface area contributed by atoms with Crippen LogP contribution in [0.15, 0.2) is 53.7 Å². The van der Waals surface area contributed by atoms with E-state index in [1.165, 1.54) is 16.3 Å². The predicted octanol–water partition coefficient (Wildman–Crippen LogP) is 3.12. The van der Waals surface area contributed by atoms with Crippen LogP contribution in [0.2, 0.25) is 0 Å². The fraction of sp³-hybridized carbons (Fsp3) is 0.238. The molecule has 0 saturated heterocycles. The molecule has 28 heavy (non-hydrogen) atoms. The minimum Gasteiger partial charge on any atom is -0.338 e. The summed E-state index contributed by atoms with van der Waals surface area (Å²) >= 11 is 0. The van der Waals surface area contributed by atoms with Gasteiger partial charge in [0.15, 0.2) is 5.65 Å². The topological polar surface area (TPSA) is 91.8 Å². The predicted molar refractivity (Wildman–Crippen MR) is 106 cm³/mol. The van der Waals surface area contributed by atoms with E-state index in [1.54, 1.807) is 6.20 Å². The first-order valence-electron chi connectivity index (χ1n) is 9.19. The van der Waals surface area contributed by atoms with E-state index in [0.29, 0.717) is 22.5 Å². The summed E-state index contributed by atoms with van der Waals surface area (Å²) in [4.78, 5) is 16.2. The molecule has 0 aliphatic rings. The van der Waals surface area contributed by atoms with Gasteiger partial charge in [-0.25, -0.2) is 0 Å². The Hall–Kier alpha value is -3.66. The van der Waals surface area contributed by atoms with Crippen LogP contribution in [0.5, 0.6) is 0 Å². The summed E-state index contributed by atoms with van der Waals surface area (Å²) in [5.74, 6) is -0.00875. The van der Waals surface area contributed by atoms with Crippen LogP contribution < -0.4 is 5.56 Å². The van der Waals surface area contributed by atoms with Crippen molar-refractivity contribution < 1.29 is 0 Å². The van der Waals surface area contributed by atoms with Crippen LogP contribution in [-0.4, -0.2) is 24.4 Å². The zero-order valence-electron chi connectivity index (χ0n) is 15.8. The Balaban J connectivity index is 1.74. The van der Waals surface area contributed by atoms with Crippen molar-refractivity contribution in [3.8, 4) is 17.3 Å². The standard InChI is InChI=1S/C21H20N6O/c1-14(2)18-19(25-20-16(10-22)11-24-27(20)21(18)28)17-12-23-26(13-17)9-8-15-6-4-3-5-7-15/h3-7,11-14,25H,8-9H2,1-2H3. The second-order valence-electron chi connectivity index (χ2n) is 7.03. The van der Waals surface area contributed by atoms with Gasteiger partial charge in [-0.2, -0.15) is 20.0 Å². The van der Waals surface area contributed by atoms with Crippen molar-refractivity contribution in [3.05, 3.63) is 76.0 Å². The number of nitrogens with zero attached hydrogens (tertiary/aromatic N) is 5. The van der Waals surface area contributed by atoms with Crippen molar-refractivity contribution in [2.24, 2.45) is 0 Å². The van der Waals surface area contributed by atoms with E-state index in [0.717, 1.165) is 18.5 Å². The third kappa shape index (κ3) is 3.09. The molecule has 3 aromatic heterocycles. The number of benzene rings is 1. The number of nitrogens with one attached hydrogen (secondary N) is 1. The van der Waals surface area contributed by atoms with Gasteiger partial charge in [0, 0.05) is 23.9 Å². The lowest BCUT2D eigenvalue weighted by atomic mass is 10.00. The number of rotatable bonds is 5. The molecule has 0 radical (unpaired) electrons. The minimum atomic E-state index is -0.211. The van der Waals surface area contributed by atoms with Crippen LogP contribution in [0, 0.1) is 11.3 Å². The summed E-state index contributed by atoms with van der Waals surface area (Å²) in [6, 6.07) is 12.3. The van der Waals surface area contributed by atoms with Crippen molar-refractivity contribution >= 4 is 5.65 Å². The molecule has 0 unspecified atom stereocenters. The van der Waals surface area contributed by atoms with E-state index in [-0.39, 0.29) is 11.5 Å². The van der Waals surface area contributed by atoms with E-state index in [1.807, 2.05) is 42.9 Å². The Labute approximate surface area is 161 Å². The Bertz CT molecular complexity index is 1220. The molecule has 0 bridgehead atoms. The Kier molecular flexibility index (Phi) is 4.53. The van der Waals surface area contributed by atoms with Crippen molar-refractivity contribution in [2.75, 3.05) is 0 Å². The quantitative estimate of drug-likeness (QED) is 0.583. The van der Waals surface area contributed by atoms with Gasteiger partial charge in [-0.05, 0) is 17.9 Å². The number of aromatic nitrogens is 5. The van der Waals surface area contributed by atoms with E-state index in [2.05, 4.69) is 33.4 Å². The van der Waals surface area contributed by atoms with Gasteiger partial charge in [0.05, 0.1) is 18.1 Å². The summed E-state index contributed by atoms with van der Waals surface area (Å²) in [7, 11) is 0. The molecule has 1 N–H and O–H groups in total. The van der Waals surface area contributed by atoms with Gasteiger partial charge in [-0.3, -0.25) is 9.48 Å². The van der Waals surface area contributed by atoms with Crippen molar-refractivity contribution in [2.45, 2.75) is 32.7 Å². The number of fused-ring (bicyclic) bond motifs is 1. The van der Waals surface area contributed by atoms with Crippen LogP contribution in [0.4, 0.5) is 0 Å². The molecule has 0 saturated carbocycles. The lowest BCUT2D eigenvalue weighted by Crippen LogP contribution is -2.22. The minimum absolute atomic E-state index is 0.00875. The number of hydrogen-bond acceptors (Lipinski definition) is 4. The first-order valence-corrected chi connectivity index (χ1v) is 9.19. The highest BCUT2D eigenvalue weighted by molar-refractivity contribution is 5.67. The summed E-state index contributed by atoms with van der Waals surface area (Å²) in [6.07, 6.45) is 5.96. The van der Waals surface area contributed by atoms with Crippen LogP contribution in [-0.2, 0) is 13.0 Å². The largest absolute Gasteiger partial charge is 0.338 e. The molecular weight excluding hydrogens is 352 g/mol. The van der Waals surface area contributed by atoms with Gasteiger partial charge in [-0.1, -0.05) is 44.2 Å². The maximum absolute atomic E-state index is 13.0. The Morgan fingerprint density at radius 2 is 1.96 bits per heavy atom. The molecule has 0 aliphatic heterocycles. The summed E-state index contributed by atoms with van der Waals surface area (Å²) in [5.41, 5.74) is 3.92. The fourth-order valence-corrected chi connectivity index (χ4v) is 3.38. The highest BCUT2D eigenvalue weighted by Crippen LogP contribution is 2.25. The number of H-pyrrole nitrogens is 1. The zero-order chi connectivity index (χ0) is 19.7. The first kappa shape index (κ1) is 17.7. The molecule has 4 aromatic rings. The van der Waals surface area contributed by atoms with Gasteiger partial charge in [0.1, 0.15) is 11.6 Å². The molecule has 140 valence electrons. The number of nitriles is 1. The summed E-state index contributed by atoms with van der Waals surface area (Å²) < 4.78 is 3.13. The highest BCUT2D eigenvalue weighted by Gasteiger charge is 2.20. The molecule has 7 heteroatoms. The maximum Gasteiger partial charge on any atom is 0.278 e. The van der Waals surface area contributed by atoms with Gasteiger partial charge >= 0.3 is 0 Å². The van der Waals surface area contributed by atoms with E-state index >= 15 is 0 Å². The highest BCUT2D eigenvalue weighted by atomic mass is 16.1. The van der Waals surface area contributed by atoms with Gasteiger partial charge in [0.2, 0.25) is 0 Å². The van der Waals surface area contributed by atoms with E-state index in [9.17, 15) is 10.1 Å². The Morgan fingerprint density at radius 1 is 1.18 bits per heavy atom. The second kappa shape index (κ2) is 7.16. The fourth-order valence-electron chi connectivity index (χ4n) is 3.38. The normalized spacial score (nSPS) is 11.2. The van der Waals surface area contributed by atoms with Gasteiger partial charge in [0.25, 0.3) is 5.56 Å². The molecule has 7 nitrogen and oxygen atoms in total. The van der Waals surface area contributed by atoms with Crippen molar-refractivity contribution in [1.82, 2.24) is 24.4 Å². The van der Waals surface area contributed by atoms with E-state index < -0.39 is 0 Å². The molecule has 0 aliphatic carbocycles. The number of hydrogen-bond donors (Lipinski definition) is 1. The SMILES string of the molecule is CC(C)c1c(-c2cnn(CCc3ccccc3)c2)[nH]c2c(C#N)cnn2c1=O. The average molecular weight is 372 g/mol. The third-order valence-electron chi connectivity index (χ3n) is 4.80. The first-order chi connectivity index (χ1) is 13.6. The number of aromatic amines is 1. The zero-order valence-corrected chi connectivity index (χ0v) is 15.8. The van der Waals surface area contributed by atoms with Crippen LogP contribution >= 0.6 is 0 Å². The maximum atomic E-state index is 13.0. The molecule has 1 aromatic carbocycles. The van der Waals surface area contributed by atoms with Crippen LogP contribution in [0.3, 0.4) is 0 Å². The smallest absolute Gasteiger partial charge is 0.278 e. The van der Waals surface area contributed by atoms with Crippen molar-refractivity contribution in [3.63, 3.8) is 0 Å². The van der Waals surface area contributed by atoms with Crippen molar-refractivity contribution in [1.29, 1.82) is 5.26 Å². The monoisotopic (exact) mass is 372 g/mol. The average Bonchev–Trinajstić information content (AvgIpc) is 3.33. The number of aryl methyl sites for hydroxylation is 2. The molecule has 0 fully saturated rings. The molecule has 0 amide bonds. The lowest BCUT2D eigenvalue weighted by molar-refractivity contribution is 0.615. The second-order valence-corrected chi connectivity index (χ2v) is 7.03. The molecule has 3 heterocycles. The Morgan fingerprint density at radius 3 is 2.68 bits per heavy atom. The van der Waals surface area contributed by atoms with Crippen LogP contribution in [0.1, 0.15) is 36.5 Å². The van der Waals surface area contributed by atoms with Crippen LogP contribution in [0.25, 0.3) is 16.9 Å². The molecule has 0 spiro atoms. The molecule has 0 atom stereocenters. The summed E-state index contributed by atoms with van der Waals surface area (Å²) in [6.45, 7) is 4.67. The molecular formula is C21H20N6O. The third-order valence-corrected chi connectivity index (χ3v) is 4.80.